The summed E-state index contributed by atoms with van der Waals surface area (Å²) in [6, 6.07) is 69.7. The Bertz CT molecular complexity index is 2790. The summed E-state index contributed by atoms with van der Waals surface area (Å²) in [4.78, 5) is 9.74. The molecule has 0 bridgehead atoms. The highest BCUT2D eigenvalue weighted by Gasteiger charge is 2.38. The fourth-order valence-corrected chi connectivity index (χ4v) is 8.51. The smallest absolute Gasteiger partial charge is 0.137 e. The molecule has 0 aliphatic heterocycles. The molecule has 3 nitrogen and oxygen atoms in total. The van der Waals surface area contributed by atoms with Crippen LogP contribution >= 0.6 is 0 Å². The molecule has 1 aliphatic carbocycles. The van der Waals surface area contributed by atoms with Crippen molar-refractivity contribution >= 4 is 55.8 Å². The fourth-order valence-electron chi connectivity index (χ4n) is 8.51. The Morgan fingerprint density at radius 2 is 1.00 bits per heavy atom. The van der Waals surface area contributed by atoms with Crippen LogP contribution in [0.4, 0.5) is 34.3 Å². The summed E-state index contributed by atoms with van der Waals surface area (Å²) in [7, 11) is 0. The number of benzene rings is 8. The van der Waals surface area contributed by atoms with Crippen LogP contribution in [-0.2, 0) is 5.41 Å². The number of nitrogens with zero attached hydrogens (tertiary/aromatic N) is 3. The van der Waals surface area contributed by atoms with E-state index in [1.807, 2.05) is 6.20 Å². The number of aromatic nitrogens is 1. The number of anilines is 6. The van der Waals surface area contributed by atoms with E-state index in [1.54, 1.807) is 0 Å². The van der Waals surface area contributed by atoms with Crippen LogP contribution in [0.1, 0.15) is 25.0 Å². The molecule has 0 saturated heterocycles. The molecule has 0 spiro atoms. The predicted molar refractivity (Wildman–Crippen MR) is 232 cm³/mol. The minimum atomic E-state index is -0.230. The first-order valence-electron chi connectivity index (χ1n) is 19.0. The van der Waals surface area contributed by atoms with Gasteiger partial charge in [-0.2, -0.15) is 0 Å². The molecule has 1 heterocycles. The molecule has 8 aromatic carbocycles. The van der Waals surface area contributed by atoms with Gasteiger partial charge in [0.15, 0.2) is 0 Å². The normalized spacial score (nSPS) is 12.7. The summed E-state index contributed by atoms with van der Waals surface area (Å²) in [5.74, 6) is 0.875. The van der Waals surface area contributed by atoms with Gasteiger partial charge in [-0.05, 0) is 117 Å². The van der Waals surface area contributed by atoms with E-state index < -0.39 is 0 Å². The Balaban J connectivity index is 1.06. The number of para-hydroxylation sites is 3. The molecule has 1 aromatic heterocycles. The van der Waals surface area contributed by atoms with Crippen molar-refractivity contribution in [3.05, 3.63) is 211 Å². The van der Waals surface area contributed by atoms with Gasteiger partial charge in [-0.15, -0.1) is 0 Å². The maximum Gasteiger partial charge on any atom is 0.137 e. The van der Waals surface area contributed by atoms with Crippen molar-refractivity contribution in [2.75, 3.05) is 9.80 Å². The van der Waals surface area contributed by atoms with Gasteiger partial charge in [0.2, 0.25) is 0 Å². The van der Waals surface area contributed by atoms with Crippen LogP contribution in [0.25, 0.3) is 43.8 Å². The number of pyridine rings is 1. The van der Waals surface area contributed by atoms with Gasteiger partial charge < -0.3 is 4.90 Å². The Labute approximate surface area is 322 Å². The number of hydrogen-bond acceptors (Lipinski definition) is 3. The zero-order valence-electron chi connectivity index (χ0n) is 30.9. The summed E-state index contributed by atoms with van der Waals surface area (Å²) in [5.41, 5.74) is 12.9. The molecule has 0 N–H and O–H groups in total. The molecular weight excluding hydrogens is 667 g/mol. The summed E-state index contributed by atoms with van der Waals surface area (Å²) in [5, 5.41) is 4.92. The van der Waals surface area contributed by atoms with E-state index in [-0.39, 0.29) is 5.41 Å². The maximum absolute atomic E-state index is 5.11. The van der Waals surface area contributed by atoms with Crippen LogP contribution in [0.5, 0.6) is 0 Å². The van der Waals surface area contributed by atoms with E-state index in [0.29, 0.717) is 0 Å². The van der Waals surface area contributed by atoms with Gasteiger partial charge in [-0.25, -0.2) is 4.98 Å². The minimum Gasteiger partial charge on any atom is -0.310 e. The van der Waals surface area contributed by atoms with Crippen LogP contribution in [-0.4, -0.2) is 4.98 Å². The van der Waals surface area contributed by atoms with E-state index in [0.717, 1.165) is 39.7 Å². The molecule has 262 valence electrons. The molecule has 0 saturated carbocycles. The van der Waals surface area contributed by atoms with Crippen molar-refractivity contribution in [1.82, 2.24) is 4.98 Å². The summed E-state index contributed by atoms with van der Waals surface area (Å²) in [6.45, 7) is 4.75. The van der Waals surface area contributed by atoms with Crippen molar-refractivity contribution in [3.63, 3.8) is 0 Å². The highest BCUT2D eigenvalue weighted by atomic mass is 15.2. The predicted octanol–water partition coefficient (Wildman–Crippen LogP) is 14.3. The van der Waals surface area contributed by atoms with Crippen LogP contribution in [0.3, 0.4) is 0 Å². The summed E-state index contributed by atoms with van der Waals surface area (Å²) < 4.78 is 0. The van der Waals surface area contributed by atoms with Gasteiger partial charge in [0.05, 0.1) is 5.69 Å². The first kappa shape index (κ1) is 32.7. The highest BCUT2D eigenvalue weighted by molar-refractivity contribution is 6.10. The molecule has 0 unspecified atom stereocenters. The molecule has 0 radical (unpaired) electrons. The lowest BCUT2D eigenvalue weighted by atomic mass is 9.81. The Morgan fingerprint density at radius 1 is 0.418 bits per heavy atom. The van der Waals surface area contributed by atoms with E-state index >= 15 is 0 Å². The van der Waals surface area contributed by atoms with E-state index in [4.69, 9.17) is 4.98 Å². The van der Waals surface area contributed by atoms with Gasteiger partial charge in [0.25, 0.3) is 0 Å². The molecule has 10 rings (SSSR count). The Morgan fingerprint density at radius 3 is 1.65 bits per heavy atom. The third-order valence-electron chi connectivity index (χ3n) is 11.2. The molecular formula is C52H39N3. The molecule has 0 atom stereocenters. The highest BCUT2D eigenvalue weighted by Crippen LogP contribution is 2.55. The SMILES string of the molecule is CC1(C)c2cc(-c3ccc(N(c4ccccc4)c4ccc5ccccc5c4)nc3)ccc2-c2c1cc(N(c1ccccc1)c1ccccc1)c1ccccc21. The quantitative estimate of drug-likeness (QED) is 0.165. The molecule has 0 fully saturated rings. The number of hydrogen-bond donors (Lipinski definition) is 0. The second-order valence-electron chi connectivity index (χ2n) is 14.9. The molecule has 0 amide bonds. The van der Waals surface area contributed by atoms with Crippen molar-refractivity contribution in [2.24, 2.45) is 0 Å². The lowest BCUT2D eigenvalue weighted by Crippen LogP contribution is -2.17. The minimum absolute atomic E-state index is 0.230. The lowest BCUT2D eigenvalue weighted by Gasteiger charge is -2.29. The van der Waals surface area contributed by atoms with Crippen LogP contribution in [0.15, 0.2) is 200 Å². The fraction of sp³-hybridized carbons (Fsp3) is 0.0577. The molecule has 9 aromatic rings. The van der Waals surface area contributed by atoms with E-state index in [2.05, 4.69) is 218 Å². The number of fused-ring (bicyclic) bond motifs is 6. The second-order valence-corrected chi connectivity index (χ2v) is 14.9. The van der Waals surface area contributed by atoms with Crippen molar-refractivity contribution in [3.8, 4) is 22.3 Å². The van der Waals surface area contributed by atoms with Gasteiger partial charge in [0.1, 0.15) is 5.82 Å². The van der Waals surface area contributed by atoms with Crippen molar-refractivity contribution < 1.29 is 0 Å². The van der Waals surface area contributed by atoms with E-state index in [9.17, 15) is 0 Å². The third-order valence-corrected chi connectivity index (χ3v) is 11.2. The van der Waals surface area contributed by atoms with Crippen LogP contribution in [0.2, 0.25) is 0 Å². The maximum atomic E-state index is 5.11. The van der Waals surface area contributed by atoms with Gasteiger partial charge in [-0.1, -0.05) is 135 Å². The molecule has 55 heavy (non-hydrogen) atoms. The Kier molecular flexibility index (Phi) is 7.81. The topological polar surface area (TPSA) is 19.4 Å². The van der Waals surface area contributed by atoms with Gasteiger partial charge >= 0.3 is 0 Å². The lowest BCUT2D eigenvalue weighted by molar-refractivity contribution is 0.661. The second kappa shape index (κ2) is 13.2. The standard InChI is InChI=1S/C52H39N3/c1-52(2)47-33-38(39-28-31-50(53-35-39)55(42-22-10-5-11-23-42)43-29-26-36-16-12-13-17-37(36)32-43)27-30-46(47)51-45-25-15-14-24-44(45)49(34-48(51)52)54(40-18-6-3-7-19-40)41-20-8-4-9-21-41/h3-35H,1-2H3. The number of rotatable bonds is 7. The van der Waals surface area contributed by atoms with Crippen LogP contribution in [0, 0.1) is 0 Å². The average molecular weight is 706 g/mol. The zero-order chi connectivity index (χ0) is 36.9. The largest absolute Gasteiger partial charge is 0.310 e. The molecule has 1 aliphatic rings. The summed E-state index contributed by atoms with van der Waals surface area (Å²) in [6.07, 6.45) is 2.02. The van der Waals surface area contributed by atoms with Gasteiger partial charge in [-0.3, -0.25) is 4.90 Å². The van der Waals surface area contributed by atoms with Crippen LogP contribution < -0.4 is 9.80 Å². The summed E-state index contributed by atoms with van der Waals surface area (Å²) >= 11 is 0. The van der Waals surface area contributed by atoms with Crippen molar-refractivity contribution in [2.45, 2.75) is 19.3 Å². The first-order valence-corrected chi connectivity index (χ1v) is 19.0. The first-order chi connectivity index (χ1) is 27.0. The van der Waals surface area contributed by atoms with Gasteiger partial charge in [0, 0.05) is 45.3 Å². The molecule has 3 heteroatoms. The average Bonchev–Trinajstić information content (AvgIpc) is 3.47. The van der Waals surface area contributed by atoms with E-state index in [1.165, 1.54) is 49.5 Å². The van der Waals surface area contributed by atoms with Crippen molar-refractivity contribution in [1.29, 1.82) is 0 Å². The monoisotopic (exact) mass is 705 g/mol. The Hall–Kier alpha value is -6.97. The zero-order valence-corrected chi connectivity index (χ0v) is 30.9. The third kappa shape index (κ3) is 5.55.